The average Bonchev–Trinajstić information content (AvgIpc) is 2.41. The molecular weight excluding hydrogens is 256 g/mol. The van der Waals surface area contributed by atoms with E-state index in [1.165, 1.54) is 24.3 Å². The van der Waals surface area contributed by atoms with E-state index in [-0.39, 0.29) is 5.75 Å². The Morgan fingerprint density at radius 1 is 1.05 bits per heavy atom. The second-order valence-corrected chi connectivity index (χ2v) is 4.31. The molecule has 0 saturated carbocycles. The molecule has 7 heteroatoms. The van der Waals surface area contributed by atoms with Crippen molar-refractivity contribution in [2.24, 2.45) is 0 Å². The zero-order valence-corrected chi connectivity index (χ0v) is 9.96. The van der Waals surface area contributed by atoms with Crippen molar-refractivity contribution in [3.63, 3.8) is 0 Å². The molecule has 1 aromatic carbocycles. The minimum Gasteiger partial charge on any atom is -0.508 e. The fourth-order valence-electron chi connectivity index (χ4n) is 1.88. The molecule has 1 saturated heterocycles. The second kappa shape index (κ2) is 5.72. The van der Waals surface area contributed by atoms with Crippen molar-refractivity contribution in [1.82, 2.24) is 0 Å². The Bertz CT molecular complexity index is 407. The van der Waals surface area contributed by atoms with E-state index in [0.717, 1.165) is 0 Å². The minimum absolute atomic E-state index is 0.0497. The largest absolute Gasteiger partial charge is 0.508 e. The third kappa shape index (κ3) is 2.96. The van der Waals surface area contributed by atoms with Gasteiger partial charge in [-0.1, -0.05) is 0 Å². The molecule has 1 heterocycles. The van der Waals surface area contributed by atoms with Gasteiger partial charge in [0.1, 0.15) is 29.8 Å². The van der Waals surface area contributed by atoms with Crippen molar-refractivity contribution in [3.05, 3.63) is 24.3 Å². The predicted octanol–water partition coefficient (Wildman–Crippen LogP) is -1.43. The van der Waals surface area contributed by atoms with Gasteiger partial charge in [0.05, 0.1) is 6.61 Å². The van der Waals surface area contributed by atoms with Gasteiger partial charge in [-0.25, -0.2) is 0 Å². The SMILES string of the molecule is OC[C@H]1OC(O)[C@H](Oc2ccc(O)cc2)[C@@H](O)[C@@H]1O. The molecule has 1 aromatic rings. The topological polar surface area (TPSA) is 120 Å². The summed E-state index contributed by atoms with van der Waals surface area (Å²) in [6, 6.07) is 5.65. The fourth-order valence-corrected chi connectivity index (χ4v) is 1.88. The van der Waals surface area contributed by atoms with Gasteiger partial charge >= 0.3 is 0 Å². The monoisotopic (exact) mass is 272 g/mol. The van der Waals surface area contributed by atoms with E-state index >= 15 is 0 Å². The van der Waals surface area contributed by atoms with Gasteiger partial charge < -0.3 is 35.0 Å². The molecule has 5 atom stereocenters. The maximum absolute atomic E-state index is 9.85. The van der Waals surface area contributed by atoms with Crippen LogP contribution in [0.3, 0.4) is 0 Å². The number of aromatic hydroxyl groups is 1. The van der Waals surface area contributed by atoms with Crippen LogP contribution in [0.25, 0.3) is 0 Å². The van der Waals surface area contributed by atoms with Crippen molar-refractivity contribution in [3.8, 4) is 11.5 Å². The van der Waals surface area contributed by atoms with Crippen LogP contribution in [0.4, 0.5) is 0 Å². The third-order valence-corrected chi connectivity index (χ3v) is 2.95. The number of phenols is 1. The van der Waals surface area contributed by atoms with Crippen molar-refractivity contribution in [2.45, 2.75) is 30.7 Å². The van der Waals surface area contributed by atoms with Crippen molar-refractivity contribution < 1.29 is 35.0 Å². The van der Waals surface area contributed by atoms with E-state index in [2.05, 4.69) is 0 Å². The Morgan fingerprint density at radius 2 is 1.68 bits per heavy atom. The van der Waals surface area contributed by atoms with Crippen molar-refractivity contribution in [2.75, 3.05) is 6.61 Å². The number of phenolic OH excluding ortho intramolecular Hbond substituents is 1. The van der Waals surface area contributed by atoms with Gasteiger partial charge in [-0.05, 0) is 24.3 Å². The van der Waals surface area contributed by atoms with E-state index in [4.69, 9.17) is 19.7 Å². The summed E-state index contributed by atoms with van der Waals surface area (Å²) in [5, 5.41) is 47.3. The normalized spacial score (nSPS) is 35.1. The number of hydrogen-bond donors (Lipinski definition) is 5. The summed E-state index contributed by atoms with van der Waals surface area (Å²) >= 11 is 0. The molecule has 1 aliphatic rings. The Kier molecular flexibility index (Phi) is 4.23. The van der Waals surface area contributed by atoms with Crippen LogP contribution in [0.15, 0.2) is 24.3 Å². The lowest BCUT2D eigenvalue weighted by atomic mass is 9.99. The van der Waals surface area contributed by atoms with Gasteiger partial charge in [0.25, 0.3) is 0 Å². The Labute approximate surface area is 109 Å². The summed E-state index contributed by atoms with van der Waals surface area (Å²) in [7, 11) is 0. The second-order valence-electron chi connectivity index (χ2n) is 4.31. The average molecular weight is 272 g/mol. The molecule has 0 spiro atoms. The molecule has 1 unspecified atom stereocenters. The molecule has 5 N–H and O–H groups in total. The van der Waals surface area contributed by atoms with E-state index in [1.807, 2.05) is 0 Å². The first-order valence-electron chi connectivity index (χ1n) is 5.79. The summed E-state index contributed by atoms with van der Waals surface area (Å²) in [5.41, 5.74) is 0. The van der Waals surface area contributed by atoms with Crippen molar-refractivity contribution >= 4 is 0 Å². The maximum atomic E-state index is 9.85. The molecule has 106 valence electrons. The molecule has 2 rings (SSSR count). The summed E-state index contributed by atoms with van der Waals surface area (Å²) in [5.74, 6) is 0.341. The number of aliphatic hydroxyl groups excluding tert-OH is 4. The van der Waals surface area contributed by atoms with Gasteiger partial charge in [0, 0.05) is 0 Å². The fraction of sp³-hybridized carbons (Fsp3) is 0.500. The lowest BCUT2D eigenvalue weighted by molar-refractivity contribution is -0.280. The smallest absolute Gasteiger partial charge is 0.195 e. The number of ether oxygens (including phenoxy) is 2. The molecule has 0 amide bonds. The highest BCUT2D eigenvalue weighted by Gasteiger charge is 2.45. The summed E-state index contributed by atoms with van der Waals surface area (Å²) in [6.07, 6.45) is -6.51. The number of rotatable bonds is 3. The van der Waals surface area contributed by atoms with Gasteiger partial charge in [-0.3, -0.25) is 0 Å². The summed E-state index contributed by atoms with van der Waals surface area (Å²) in [4.78, 5) is 0. The quantitative estimate of drug-likeness (QED) is 0.457. The van der Waals surface area contributed by atoms with Crippen LogP contribution >= 0.6 is 0 Å². The Morgan fingerprint density at radius 3 is 2.26 bits per heavy atom. The number of benzene rings is 1. The first-order chi connectivity index (χ1) is 9.02. The summed E-state index contributed by atoms with van der Waals surface area (Å²) in [6.45, 7) is -0.527. The van der Waals surface area contributed by atoms with E-state index in [1.54, 1.807) is 0 Å². The first-order valence-corrected chi connectivity index (χ1v) is 5.79. The Hall–Kier alpha value is -1.38. The lowest BCUT2D eigenvalue weighted by Crippen LogP contribution is -2.60. The van der Waals surface area contributed by atoms with E-state index < -0.39 is 37.3 Å². The minimum atomic E-state index is -1.48. The lowest BCUT2D eigenvalue weighted by Gasteiger charge is -2.39. The van der Waals surface area contributed by atoms with Crippen LogP contribution in [0.2, 0.25) is 0 Å². The Balaban J connectivity index is 2.09. The van der Waals surface area contributed by atoms with Crippen LogP contribution in [-0.4, -0.2) is 62.8 Å². The molecule has 1 aliphatic heterocycles. The molecule has 7 nitrogen and oxygen atoms in total. The van der Waals surface area contributed by atoms with Crippen LogP contribution in [0.5, 0.6) is 11.5 Å². The van der Waals surface area contributed by atoms with Gasteiger partial charge in [0.15, 0.2) is 12.4 Å². The van der Waals surface area contributed by atoms with E-state index in [0.29, 0.717) is 5.75 Å². The molecular formula is C12H16O7. The van der Waals surface area contributed by atoms with Crippen molar-refractivity contribution in [1.29, 1.82) is 0 Å². The molecule has 1 fully saturated rings. The van der Waals surface area contributed by atoms with Crippen LogP contribution in [0.1, 0.15) is 0 Å². The predicted molar refractivity (Wildman–Crippen MR) is 62.5 cm³/mol. The standard InChI is InChI=1S/C12H16O7/c13-5-8-9(15)10(16)11(12(17)19-8)18-7-3-1-6(14)2-4-7/h1-4,8-17H,5H2/t8-,9-,10+,11-,12?/m1/s1. The molecule has 19 heavy (non-hydrogen) atoms. The van der Waals surface area contributed by atoms with Crippen LogP contribution < -0.4 is 4.74 Å². The maximum Gasteiger partial charge on any atom is 0.195 e. The van der Waals surface area contributed by atoms with Gasteiger partial charge in [-0.2, -0.15) is 0 Å². The highest BCUT2D eigenvalue weighted by atomic mass is 16.7. The molecule has 0 aliphatic carbocycles. The first kappa shape index (κ1) is 14.0. The molecule has 0 radical (unpaired) electrons. The van der Waals surface area contributed by atoms with E-state index in [9.17, 15) is 15.3 Å². The van der Waals surface area contributed by atoms with Gasteiger partial charge in [-0.15, -0.1) is 0 Å². The van der Waals surface area contributed by atoms with Crippen LogP contribution in [0, 0.1) is 0 Å². The number of aliphatic hydroxyl groups is 4. The highest BCUT2D eigenvalue weighted by Crippen LogP contribution is 2.25. The summed E-state index contributed by atoms with van der Waals surface area (Å²) < 4.78 is 10.3. The zero-order valence-electron chi connectivity index (χ0n) is 9.96. The zero-order chi connectivity index (χ0) is 14.0. The van der Waals surface area contributed by atoms with Crippen LogP contribution in [-0.2, 0) is 4.74 Å². The third-order valence-electron chi connectivity index (χ3n) is 2.95. The molecule has 0 aromatic heterocycles. The molecule has 0 bridgehead atoms. The van der Waals surface area contributed by atoms with Gasteiger partial charge in [0.2, 0.25) is 0 Å². The highest BCUT2D eigenvalue weighted by molar-refractivity contribution is 5.30. The number of hydrogen-bond acceptors (Lipinski definition) is 7.